The number of aliphatic hydroxyl groups excluding tert-OH is 2. The van der Waals surface area contributed by atoms with Crippen molar-refractivity contribution in [1.82, 2.24) is 0 Å². The van der Waals surface area contributed by atoms with Gasteiger partial charge in [-0.05, 0) is 24.7 Å². The van der Waals surface area contributed by atoms with Gasteiger partial charge >= 0.3 is 5.97 Å². The van der Waals surface area contributed by atoms with Crippen molar-refractivity contribution in [3.8, 4) is 0 Å². The van der Waals surface area contributed by atoms with Crippen LogP contribution in [0.3, 0.4) is 0 Å². The van der Waals surface area contributed by atoms with Crippen molar-refractivity contribution in [3.05, 3.63) is 12.7 Å². The molecule has 0 amide bonds. The Kier molecular flexibility index (Phi) is 7.06. The molecule has 14 heavy (non-hydrogen) atoms. The van der Waals surface area contributed by atoms with Crippen LogP contribution in [0.25, 0.3) is 0 Å². The second kappa shape index (κ2) is 7.53. The fourth-order valence-corrected chi connectivity index (χ4v) is 1.59. The monoisotopic (exact) mass is 202 g/mol. The molecule has 1 rings (SSSR count). The second-order valence-electron chi connectivity index (χ2n) is 3.36. The van der Waals surface area contributed by atoms with E-state index in [2.05, 4.69) is 6.58 Å². The summed E-state index contributed by atoms with van der Waals surface area (Å²) < 4.78 is 0. The van der Waals surface area contributed by atoms with Crippen LogP contribution in [0.15, 0.2) is 12.7 Å². The van der Waals surface area contributed by atoms with Crippen LogP contribution in [0.4, 0.5) is 0 Å². The lowest BCUT2D eigenvalue weighted by atomic mass is 9.98. The van der Waals surface area contributed by atoms with E-state index < -0.39 is 5.97 Å². The minimum absolute atomic E-state index is 0.255. The van der Waals surface area contributed by atoms with Crippen molar-refractivity contribution in [1.29, 1.82) is 0 Å². The van der Waals surface area contributed by atoms with E-state index in [1.54, 1.807) is 0 Å². The molecule has 2 unspecified atom stereocenters. The van der Waals surface area contributed by atoms with Crippen LogP contribution in [0.1, 0.15) is 19.3 Å². The van der Waals surface area contributed by atoms with Crippen LogP contribution in [-0.2, 0) is 4.79 Å². The Morgan fingerprint density at radius 1 is 1.29 bits per heavy atom. The highest BCUT2D eigenvalue weighted by Gasteiger charge is 2.25. The number of carboxylic acid groups (broad SMARTS) is 1. The van der Waals surface area contributed by atoms with E-state index in [4.69, 9.17) is 15.3 Å². The topological polar surface area (TPSA) is 77.8 Å². The Morgan fingerprint density at radius 3 is 1.86 bits per heavy atom. The van der Waals surface area contributed by atoms with Crippen LogP contribution in [0, 0.1) is 11.8 Å². The molecule has 0 spiro atoms. The maximum absolute atomic E-state index is 9.25. The number of carbonyl (C=O) groups is 1. The third kappa shape index (κ3) is 4.99. The molecule has 0 aromatic rings. The van der Waals surface area contributed by atoms with Gasteiger partial charge in [0.05, 0.1) is 0 Å². The van der Waals surface area contributed by atoms with E-state index in [0.717, 1.165) is 18.9 Å². The minimum Gasteiger partial charge on any atom is -0.478 e. The second-order valence-corrected chi connectivity index (χ2v) is 3.36. The molecule has 1 saturated carbocycles. The summed E-state index contributed by atoms with van der Waals surface area (Å²) in [6.45, 7) is 3.47. The highest BCUT2D eigenvalue weighted by Crippen LogP contribution is 2.30. The van der Waals surface area contributed by atoms with Gasteiger partial charge in [-0.1, -0.05) is 13.0 Å². The third-order valence-electron chi connectivity index (χ3n) is 2.46. The molecule has 1 aliphatic rings. The lowest BCUT2D eigenvalue weighted by Gasteiger charge is -2.12. The Morgan fingerprint density at radius 2 is 1.64 bits per heavy atom. The lowest BCUT2D eigenvalue weighted by Crippen LogP contribution is -2.15. The Labute approximate surface area is 83.9 Å². The first kappa shape index (κ1) is 13.1. The van der Waals surface area contributed by atoms with E-state index in [1.807, 2.05) is 0 Å². The van der Waals surface area contributed by atoms with Crippen molar-refractivity contribution in [3.63, 3.8) is 0 Å². The summed E-state index contributed by atoms with van der Waals surface area (Å²) in [6, 6.07) is 0. The van der Waals surface area contributed by atoms with Crippen LogP contribution < -0.4 is 0 Å². The maximum atomic E-state index is 9.25. The Hall–Kier alpha value is -0.870. The molecule has 0 aliphatic heterocycles. The fourth-order valence-electron chi connectivity index (χ4n) is 1.59. The van der Waals surface area contributed by atoms with Crippen LogP contribution in [0.5, 0.6) is 0 Å². The molecule has 0 aromatic carbocycles. The van der Waals surface area contributed by atoms with Gasteiger partial charge in [-0.3, -0.25) is 0 Å². The van der Waals surface area contributed by atoms with E-state index in [1.165, 1.54) is 6.42 Å². The summed E-state index contributed by atoms with van der Waals surface area (Å²) in [4.78, 5) is 9.25. The highest BCUT2D eigenvalue weighted by atomic mass is 16.4. The van der Waals surface area contributed by atoms with Crippen molar-refractivity contribution in [2.24, 2.45) is 11.8 Å². The summed E-state index contributed by atoms with van der Waals surface area (Å²) in [5, 5.41) is 25.1. The smallest absolute Gasteiger partial charge is 0.327 e. The standard InChI is InChI=1S/C7H14O2.C3H4O2/c8-4-6-2-1-3-7(6)5-9;1-2-3(4)5/h6-9H,1-5H2;2H,1H2,(H,4,5). The number of rotatable bonds is 3. The molecule has 1 fully saturated rings. The predicted molar refractivity (Wildman–Crippen MR) is 52.8 cm³/mol. The van der Waals surface area contributed by atoms with Crippen LogP contribution in [0.2, 0.25) is 0 Å². The number of aliphatic hydroxyl groups is 2. The maximum Gasteiger partial charge on any atom is 0.327 e. The van der Waals surface area contributed by atoms with Crippen LogP contribution in [-0.4, -0.2) is 34.5 Å². The summed E-state index contributed by atoms with van der Waals surface area (Å²) in [6.07, 6.45) is 4.21. The zero-order valence-corrected chi connectivity index (χ0v) is 8.22. The molecule has 0 saturated heterocycles. The average molecular weight is 202 g/mol. The fraction of sp³-hybridized carbons (Fsp3) is 0.700. The van der Waals surface area contributed by atoms with E-state index >= 15 is 0 Å². The van der Waals surface area contributed by atoms with E-state index in [-0.39, 0.29) is 13.2 Å². The molecule has 3 N–H and O–H groups in total. The largest absolute Gasteiger partial charge is 0.478 e. The number of hydrogen-bond acceptors (Lipinski definition) is 3. The number of carboxylic acids is 1. The molecule has 0 radical (unpaired) electrons. The number of aliphatic carboxylic acids is 1. The van der Waals surface area contributed by atoms with Gasteiger partial charge in [0.2, 0.25) is 0 Å². The molecule has 4 heteroatoms. The summed E-state index contributed by atoms with van der Waals surface area (Å²) in [5.41, 5.74) is 0. The van der Waals surface area contributed by atoms with Gasteiger partial charge in [-0.15, -0.1) is 0 Å². The average Bonchev–Trinajstić information content (AvgIpc) is 2.65. The van der Waals surface area contributed by atoms with Gasteiger partial charge < -0.3 is 15.3 Å². The summed E-state index contributed by atoms with van der Waals surface area (Å²) in [5.74, 6) is -0.213. The molecule has 0 aromatic heterocycles. The van der Waals surface area contributed by atoms with Crippen molar-refractivity contribution in [2.45, 2.75) is 19.3 Å². The Balaban J connectivity index is 0.000000292. The van der Waals surface area contributed by atoms with Crippen LogP contribution >= 0.6 is 0 Å². The zero-order valence-electron chi connectivity index (χ0n) is 8.22. The van der Waals surface area contributed by atoms with Gasteiger partial charge in [0.15, 0.2) is 0 Å². The Bertz CT molecular complexity index is 169. The predicted octanol–water partition coefficient (Wildman–Crippen LogP) is 0.644. The van der Waals surface area contributed by atoms with Gasteiger partial charge in [0.1, 0.15) is 0 Å². The molecule has 2 atom stereocenters. The molecular formula is C10H18O4. The highest BCUT2D eigenvalue weighted by molar-refractivity contribution is 5.78. The molecule has 1 aliphatic carbocycles. The van der Waals surface area contributed by atoms with Gasteiger partial charge in [-0.2, -0.15) is 0 Å². The molecule has 0 heterocycles. The minimum atomic E-state index is -0.981. The van der Waals surface area contributed by atoms with Gasteiger partial charge in [0.25, 0.3) is 0 Å². The first-order valence-corrected chi connectivity index (χ1v) is 4.72. The summed E-state index contributed by atoms with van der Waals surface area (Å²) >= 11 is 0. The molecule has 82 valence electrons. The quantitative estimate of drug-likeness (QED) is 0.587. The first-order valence-electron chi connectivity index (χ1n) is 4.72. The van der Waals surface area contributed by atoms with E-state index in [0.29, 0.717) is 11.8 Å². The van der Waals surface area contributed by atoms with E-state index in [9.17, 15) is 4.79 Å². The van der Waals surface area contributed by atoms with Crippen molar-refractivity contribution < 1.29 is 20.1 Å². The summed E-state index contributed by atoms with van der Waals surface area (Å²) in [7, 11) is 0. The van der Waals surface area contributed by atoms with Gasteiger partial charge in [0, 0.05) is 19.3 Å². The molecule has 0 bridgehead atoms. The van der Waals surface area contributed by atoms with Gasteiger partial charge in [-0.25, -0.2) is 4.79 Å². The SMILES string of the molecule is C=CC(=O)O.OCC1CCCC1CO. The lowest BCUT2D eigenvalue weighted by molar-refractivity contribution is -0.131. The van der Waals surface area contributed by atoms with Crippen molar-refractivity contribution >= 4 is 5.97 Å². The first-order chi connectivity index (χ1) is 6.65. The molecule has 4 nitrogen and oxygen atoms in total. The van der Waals surface area contributed by atoms with Crippen molar-refractivity contribution in [2.75, 3.05) is 13.2 Å². The third-order valence-corrected chi connectivity index (χ3v) is 2.46. The normalized spacial score (nSPS) is 25.0. The zero-order chi connectivity index (χ0) is 11.0. The molecular weight excluding hydrogens is 184 g/mol. The number of hydrogen-bond donors (Lipinski definition) is 3.